The van der Waals surface area contributed by atoms with Gasteiger partial charge in [0.05, 0.1) is 12.7 Å². The lowest BCUT2D eigenvalue weighted by molar-refractivity contribution is 0.0600. The average Bonchev–Trinajstić information content (AvgIpc) is 2.82. The van der Waals surface area contributed by atoms with E-state index in [2.05, 4.69) is 48.6 Å². The molecule has 0 heterocycles. The quantitative estimate of drug-likeness (QED) is 0.323. The number of nitrogens with one attached hydrogen (secondary N) is 1. The molecule has 1 atom stereocenters. The number of esters is 1. The summed E-state index contributed by atoms with van der Waals surface area (Å²) in [6.07, 6.45) is 0. The van der Waals surface area contributed by atoms with Crippen LogP contribution >= 0.6 is 11.6 Å². The van der Waals surface area contributed by atoms with Crippen molar-refractivity contribution in [3.63, 3.8) is 0 Å². The van der Waals surface area contributed by atoms with Crippen molar-refractivity contribution in [2.75, 3.05) is 7.11 Å². The van der Waals surface area contributed by atoms with Crippen LogP contribution in [0.5, 0.6) is 0 Å². The SMILES string of the molecule is COC(=O)c1cc(-c2cc(CN[C@H](C)c3cccc(Cl)c3)cc3ccccc23)ccc1C. The summed E-state index contributed by atoms with van der Waals surface area (Å²) in [5.41, 5.74) is 5.91. The van der Waals surface area contributed by atoms with Gasteiger partial charge in [-0.15, -0.1) is 0 Å². The fourth-order valence-corrected chi connectivity index (χ4v) is 4.20. The van der Waals surface area contributed by atoms with Crippen LogP contribution in [0.2, 0.25) is 5.02 Å². The molecular formula is C28H26ClNO2. The van der Waals surface area contributed by atoms with Crippen molar-refractivity contribution < 1.29 is 9.53 Å². The van der Waals surface area contributed by atoms with Crippen molar-refractivity contribution in [1.29, 1.82) is 0 Å². The number of rotatable bonds is 6. The Labute approximate surface area is 194 Å². The second-order valence-electron chi connectivity index (χ2n) is 8.04. The molecule has 4 aromatic carbocycles. The first-order chi connectivity index (χ1) is 15.5. The van der Waals surface area contributed by atoms with Gasteiger partial charge in [-0.05, 0) is 82.8 Å². The summed E-state index contributed by atoms with van der Waals surface area (Å²) in [7, 11) is 1.41. The monoisotopic (exact) mass is 443 g/mol. The Bertz CT molecular complexity index is 1280. The molecule has 0 aliphatic carbocycles. The average molecular weight is 444 g/mol. The smallest absolute Gasteiger partial charge is 0.338 e. The van der Waals surface area contributed by atoms with E-state index in [1.165, 1.54) is 12.7 Å². The lowest BCUT2D eigenvalue weighted by Crippen LogP contribution is -2.18. The number of carbonyl (C=O) groups is 1. The highest BCUT2D eigenvalue weighted by Crippen LogP contribution is 2.32. The first kappa shape index (κ1) is 22.1. The molecule has 0 spiro atoms. The highest BCUT2D eigenvalue weighted by molar-refractivity contribution is 6.30. The molecular weight excluding hydrogens is 418 g/mol. The molecule has 4 rings (SSSR count). The third-order valence-corrected chi connectivity index (χ3v) is 6.07. The molecule has 0 unspecified atom stereocenters. The van der Waals surface area contributed by atoms with Crippen LogP contribution in [0.3, 0.4) is 0 Å². The maximum absolute atomic E-state index is 12.2. The van der Waals surface area contributed by atoms with E-state index < -0.39 is 0 Å². The maximum Gasteiger partial charge on any atom is 0.338 e. The Balaban J connectivity index is 1.70. The van der Waals surface area contributed by atoms with Gasteiger partial charge in [-0.3, -0.25) is 0 Å². The highest BCUT2D eigenvalue weighted by atomic mass is 35.5. The predicted molar refractivity (Wildman–Crippen MR) is 132 cm³/mol. The molecule has 4 heteroatoms. The Hall–Kier alpha value is -3.14. The fourth-order valence-electron chi connectivity index (χ4n) is 4.00. The van der Waals surface area contributed by atoms with Crippen LogP contribution in [-0.2, 0) is 11.3 Å². The molecule has 0 amide bonds. The summed E-state index contributed by atoms with van der Waals surface area (Å²) in [4.78, 5) is 12.2. The lowest BCUT2D eigenvalue weighted by Gasteiger charge is -2.17. The maximum atomic E-state index is 12.2. The largest absolute Gasteiger partial charge is 0.465 e. The summed E-state index contributed by atoms with van der Waals surface area (Å²) < 4.78 is 4.98. The summed E-state index contributed by atoms with van der Waals surface area (Å²) >= 11 is 6.16. The number of aryl methyl sites for hydroxylation is 1. The number of hydrogen-bond donors (Lipinski definition) is 1. The summed E-state index contributed by atoms with van der Waals surface area (Å²) in [5, 5.41) is 6.66. The van der Waals surface area contributed by atoms with Crippen molar-refractivity contribution in [3.05, 3.63) is 106 Å². The van der Waals surface area contributed by atoms with Crippen LogP contribution in [0.25, 0.3) is 21.9 Å². The minimum Gasteiger partial charge on any atom is -0.465 e. The fraction of sp³-hybridized carbons (Fsp3) is 0.179. The molecule has 3 nitrogen and oxygen atoms in total. The molecule has 4 aromatic rings. The van der Waals surface area contributed by atoms with E-state index in [1.54, 1.807) is 0 Å². The predicted octanol–water partition coefficient (Wildman–Crippen LogP) is 7.11. The van der Waals surface area contributed by atoms with E-state index >= 15 is 0 Å². The summed E-state index contributed by atoms with van der Waals surface area (Å²) in [6, 6.07) is 26.8. The highest BCUT2D eigenvalue weighted by Gasteiger charge is 2.14. The topological polar surface area (TPSA) is 38.3 Å². The van der Waals surface area contributed by atoms with Gasteiger partial charge in [-0.2, -0.15) is 0 Å². The zero-order valence-electron chi connectivity index (χ0n) is 18.5. The Morgan fingerprint density at radius 3 is 2.59 bits per heavy atom. The van der Waals surface area contributed by atoms with Crippen LogP contribution in [0, 0.1) is 6.92 Å². The molecule has 0 bridgehead atoms. The van der Waals surface area contributed by atoms with Crippen molar-refractivity contribution in [2.45, 2.75) is 26.4 Å². The van der Waals surface area contributed by atoms with Crippen LogP contribution in [0.1, 0.15) is 40.0 Å². The minimum atomic E-state index is -0.318. The van der Waals surface area contributed by atoms with Gasteiger partial charge in [0.25, 0.3) is 0 Å². The second kappa shape index (κ2) is 9.56. The van der Waals surface area contributed by atoms with Gasteiger partial charge in [0.2, 0.25) is 0 Å². The molecule has 0 aliphatic heterocycles. The third-order valence-electron chi connectivity index (χ3n) is 5.84. The Morgan fingerprint density at radius 2 is 1.81 bits per heavy atom. The third kappa shape index (κ3) is 4.69. The molecule has 0 saturated carbocycles. The molecule has 162 valence electrons. The molecule has 0 aromatic heterocycles. The molecule has 1 N–H and O–H groups in total. The van der Waals surface area contributed by atoms with E-state index in [1.807, 2.05) is 49.4 Å². The van der Waals surface area contributed by atoms with Gasteiger partial charge in [-0.1, -0.05) is 60.1 Å². The second-order valence-corrected chi connectivity index (χ2v) is 8.48. The van der Waals surface area contributed by atoms with Gasteiger partial charge >= 0.3 is 5.97 Å². The zero-order chi connectivity index (χ0) is 22.7. The van der Waals surface area contributed by atoms with E-state index in [0.29, 0.717) is 12.1 Å². The number of ether oxygens (including phenoxy) is 1. The number of halogens is 1. The molecule has 32 heavy (non-hydrogen) atoms. The van der Waals surface area contributed by atoms with Crippen molar-refractivity contribution in [2.24, 2.45) is 0 Å². The zero-order valence-corrected chi connectivity index (χ0v) is 19.2. The van der Waals surface area contributed by atoms with Gasteiger partial charge < -0.3 is 10.1 Å². The Morgan fingerprint density at radius 1 is 1.00 bits per heavy atom. The van der Waals surface area contributed by atoms with Crippen molar-refractivity contribution in [1.82, 2.24) is 5.32 Å². The van der Waals surface area contributed by atoms with E-state index in [9.17, 15) is 4.79 Å². The number of methoxy groups -OCH3 is 1. The van der Waals surface area contributed by atoms with Gasteiger partial charge in [0, 0.05) is 17.6 Å². The van der Waals surface area contributed by atoms with Gasteiger partial charge in [0.15, 0.2) is 0 Å². The van der Waals surface area contributed by atoms with Crippen molar-refractivity contribution in [3.8, 4) is 11.1 Å². The first-order valence-electron chi connectivity index (χ1n) is 10.7. The normalized spacial score (nSPS) is 12.0. The van der Waals surface area contributed by atoms with Crippen molar-refractivity contribution >= 4 is 28.3 Å². The molecule has 0 saturated heterocycles. The number of fused-ring (bicyclic) bond motifs is 1. The van der Waals surface area contributed by atoms with Crippen LogP contribution in [0.4, 0.5) is 0 Å². The number of carbonyl (C=O) groups excluding carboxylic acids is 1. The number of benzene rings is 4. The van der Waals surface area contributed by atoms with Gasteiger partial charge in [0.1, 0.15) is 0 Å². The molecule has 0 radical (unpaired) electrons. The molecule has 0 aliphatic rings. The number of hydrogen-bond acceptors (Lipinski definition) is 3. The summed E-state index contributed by atoms with van der Waals surface area (Å²) in [5.74, 6) is -0.318. The van der Waals surface area contributed by atoms with E-state index in [0.717, 1.165) is 38.0 Å². The van der Waals surface area contributed by atoms with Crippen LogP contribution in [0.15, 0.2) is 78.9 Å². The van der Waals surface area contributed by atoms with Crippen LogP contribution in [-0.4, -0.2) is 13.1 Å². The standard InChI is InChI=1S/C28H26ClNO2/c1-18-11-12-23(16-26(18)28(31)32-3)27-14-20(13-22-7-4-5-10-25(22)27)17-30-19(2)21-8-6-9-24(29)15-21/h4-16,19,30H,17H2,1-3H3/t19-/m1/s1. The molecule has 0 fully saturated rings. The van der Waals surface area contributed by atoms with Crippen LogP contribution < -0.4 is 5.32 Å². The Kier molecular flexibility index (Phi) is 6.59. The lowest BCUT2D eigenvalue weighted by atomic mass is 9.93. The summed E-state index contributed by atoms with van der Waals surface area (Å²) in [6.45, 7) is 4.77. The van der Waals surface area contributed by atoms with Gasteiger partial charge in [-0.25, -0.2) is 4.79 Å². The van der Waals surface area contributed by atoms with E-state index in [4.69, 9.17) is 16.3 Å². The minimum absolute atomic E-state index is 0.161. The first-order valence-corrected chi connectivity index (χ1v) is 11.0. The van der Waals surface area contributed by atoms with E-state index in [-0.39, 0.29) is 12.0 Å².